The number of amides is 1. The molecule has 0 bridgehead atoms. The Kier molecular flexibility index (Phi) is 6.16. The van der Waals surface area contributed by atoms with Crippen molar-refractivity contribution in [3.63, 3.8) is 0 Å². The maximum Gasteiger partial charge on any atom is 0.255 e. The first-order valence-electron chi connectivity index (χ1n) is 9.55. The lowest BCUT2D eigenvalue weighted by Gasteiger charge is -2.36. The molecule has 0 saturated carbocycles. The highest BCUT2D eigenvalue weighted by atomic mass is 16.5. The molecule has 2 heterocycles. The molecule has 1 aliphatic rings. The first-order chi connectivity index (χ1) is 13.2. The van der Waals surface area contributed by atoms with Gasteiger partial charge < -0.3 is 19.4 Å². The number of anilines is 2. The molecule has 0 aliphatic carbocycles. The molecule has 1 aliphatic heterocycles. The van der Waals surface area contributed by atoms with Crippen molar-refractivity contribution in [2.24, 2.45) is 0 Å². The van der Waals surface area contributed by atoms with Gasteiger partial charge in [0.2, 0.25) is 0 Å². The smallest absolute Gasteiger partial charge is 0.255 e. The maximum absolute atomic E-state index is 12.8. The highest BCUT2D eigenvalue weighted by Gasteiger charge is 2.22. The molecular weight excluding hydrogens is 340 g/mol. The first kappa shape index (κ1) is 19.0. The van der Waals surface area contributed by atoms with E-state index in [0.717, 1.165) is 43.4 Å². The zero-order chi connectivity index (χ0) is 19.2. The fourth-order valence-corrected chi connectivity index (χ4v) is 3.39. The number of nitrogens with zero attached hydrogens (tertiary/aromatic N) is 4. The van der Waals surface area contributed by atoms with Crippen molar-refractivity contribution in [3.05, 3.63) is 48.2 Å². The first-order valence-corrected chi connectivity index (χ1v) is 9.55. The largest absolute Gasteiger partial charge is 0.497 e. The molecule has 144 valence electrons. The fraction of sp³-hybridized carbons (Fsp3) is 0.429. The lowest BCUT2D eigenvalue weighted by atomic mass is 10.2. The Balaban J connectivity index is 1.59. The Morgan fingerprint density at radius 2 is 1.70 bits per heavy atom. The number of methoxy groups -OCH3 is 1. The summed E-state index contributed by atoms with van der Waals surface area (Å²) in [6, 6.07) is 11.9. The van der Waals surface area contributed by atoms with Gasteiger partial charge in [0.25, 0.3) is 5.91 Å². The van der Waals surface area contributed by atoms with Crippen LogP contribution in [0.25, 0.3) is 0 Å². The lowest BCUT2D eigenvalue weighted by Crippen LogP contribution is -2.48. The van der Waals surface area contributed by atoms with Gasteiger partial charge in [0.1, 0.15) is 11.6 Å². The molecule has 6 heteroatoms. The average molecular weight is 368 g/mol. The topological polar surface area (TPSA) is 48.9 Å². The number of rotatable bonds is 6. The van der Waals surface area contributed by atoms with Crippen molar-refractivity contribution in [2.45, 2.75) is 13.8 Å². The van der Waals surface area contributed by atoms with Gasteiger partial charge >= 0.3 is 0 Å². The molecule has 1 aromatic carbocycles. The third-order valence-electron chi connectivity index (χ3n) is 5.09. The van der Waals surface area contributed by atoms with Crippen LogP contribution in [0.3, 0.4) is 0 Å². The quantitative estimate of drug-likeness (QED) is 0.785. The van der Waals surface area contributed by atoms with Gasteiger partial charge in [-0.15, -0.1) is 0 Å². The number of pyridine rings is 1. The highest BCUT2D eigenvalue weighted by molar-refractivity contribution is 5.94. The Hall–Kier alpha value is -2.76. The van der Waals surface area contributed by atoms with Crippen LogP contribution in [0.2, 0.25) is 0 Å². The molecule has 3 rings (SSSR count). The molecule has 1 amide bonds. The number of ether oxygens (including phenoxy) is 1. The minimum absolute atomic E-state index is 0.0583. The number of carbonyl (C=O) groups is 1. The van der Waals surface area contributed by atoms with Crippen LogP contribution in [-0.2, 0) is 0 Å². The summed E-state index contributed by atoms with van der Waals surface area (Å²) in [5.74, 6) is 1.83. The molecule has 0 N–H and O–H groups in total. The van der Waals surface area contributed by atoms with Crippen molar-refractivity contribution < 1.29 is 9.53 Å². The zero-order valence-electron chi connectivity index (χ0n) is 16.4. The Bertz CT molecular complexity index is 734. The molecule has 1 saturated heterocycles. The molecule has 2 aromatic rings. The minimum atomic E-state index is 0.0583. The van der Waals surface area contributed by atoms with E-state index in [0.29, 0.717) is 18.7 Å². The number of hydrogen-bond acceptors (Lipinski definition) is 5. The Morgan fingerprint density at radius 3 is 2.22 bits per heavy atom. The van der Waals surface area contributed by atoms with Crippen LogP contribution in [0.1, 0.15) is 24.2 Å². The Morgan fingerprint density at radius 1 is 1.04 bits per heavy atom. The summed E-state index contributed by atoms with van der Waals surface area (Å²) in [6.07, 6.45) is 1.70. The fourth-order valence-electron chi connectivity index (χ4n) is 3.39. The molecule has 27 heavy (non-hydrogen) atoms. The summed E-state index contributed by atoms with van der Waals surface area (Å²) in [4.78, 5) is 23.6. The molecule has 1 fully saturated rings. The van der Waals surface area contributed by atoms with E-state index in [-0.39, 0.29) is 5.91 Å². The molecule has 0 spiro atoms. The van der Waals surface area contributed by atoms with Crippen LogP contribution in [0.5, 0.6) is 5.75 Å². The van der Waals surface area contributed by atoms with Gasteiger partial charge in [-0.25, -0.2) is 4.98 Å². The van der Waals surface area contributed by atoms with E-state index >= 15 is 0 Å². The molecule has 0 atom stereocenters. The summed E-state index contributed by atoms with van der Waals surface area (Å²) in [7, 11) is 1.67. The number of piperazine rings is 1. The van der Waals surface area contributed by atoms with Crippen molar-refractivity contribution in [3.8, 4) is 5.75 Å². The van der Waals surface area contributed by atoms with Crippen LogP contribution < -0.4 is 14.5 Å². The highest BCUT2D eigenvalue weighted by Crippen LogP contribution is 2.21. The SMILES string of the molecule is CCN(CC)c1ccc(C(=O)N2CCN(c3ccc(OC)cc3)CC2)cn1. The molecule has 0 unspecified atom stereocenters. The van der Waals surface area contributed by atoms with E-state index in [4.69, 9.17) is 4.74 Å². The zero-order valence-corrected chi connectivity index (χ0v) is 16.4. The third-order valence-corrected chi connectivity index (χ3v) is 5.09. The van der Waals surface area contributed by atoms with Crippen LogP contribution in [-0.4, -0.2) is 62.2 Å². The molecule has 0 radical (unpaired) electrons. The summed E-state index contributed by atoms with van der Waals surface area (Å²) in [5.41, 5.74) is 1.82. The van der Waals surface area contributed by atoms with E-state index < -0.39 is 0 Å². The average Bonchev–Trinajstić information content (AvgIpc) is 2.75. The predicted octanol–water partition coefficient (Wildman–Crippen LogP) is 2.90. The number of benzene rings is 1. The normalized spacial score (nSPS) is 14.2. The predicted molar refractivity (Wildman–Crippen MR) is 109 cm³/mol. The summed E-state index contributed by atoms with van der Waals surface area (Å²) >= 11 is 0. The monoisotopic (exact) mass is 368 g/mol. The van der Waals surface area contributed by atoms with Gasteiger partial charge in [0.15, 0.2) is 0 Å². The second-order valence-electron chi connectivity index (χ2n) is 6.55. The summed E-state index contributed by atoms with van der Waals surface area (Å²) in [5, 5.41) is 0. The third kappa shape index (κ3) is 4.32. The van der Waals surface area contributed by atoms with Crippen LogP contribution in [0.4, 0.5) is 11.5 Å². The summed E-state index contributed by atoms with van der Waals surface area (Å²) in [6.45, 7) is 9.09. The van der Waals surface area contributed by atoms with Crippen LogP contribution in [0.15, 0.2) is 42.6 Å². The molecule has 6 nitrogen and oxygen atoms in total. The minimum Gasteiger partial charge on any atom is -0.497 e. The van der Waals surface area contributed by atoms with Crippen molar-refractivity contribution in [1.29, 1.82) is 0 Å². The van der Waals surface area contributed by atoms with E-state index in [1.807, 2.05) is 29.2 Å². The van der Waals surface area contributed by atoms with Gasteiger partial charge in [-0.2, -0.15) is 0 Å². The van der Waals surface area contributed by atoms with Crippen molar-refractivity contribution >= 4 is 17.4 Å². The molecule has 1 aromatic heterocycles. The number of hydrogen-bond donors (Lipinski definition) is 0. The van der Waals surface area contributed by atoms with Crippen molar-refractivity contribution in [1.82, 2.24) is 9.88 Å². The van der Waals surface area contributed by atoms with E-state index in [2.05, 4.69) is 40.8 Å². The lowest BCUT2D eigenvalue weighted by molar-refractivity contribution is 0.0746. The Labute approximate surface area is 161 Å². The van der Waals surface area contributed by atoms with Gasteiger partial charge in [0.05, 0.1) is 12.7 Å². The standard InChI is InChI=1S/C21H28N4O2/c1-4-23(5-2)20-11-6-17(16-22-20)21(26)25-14-12-24(13-15-25)18-7-9-19(27-3)10-8-18/h6-11,16H,4-5,12-15H2,1-3H3. The van der Waals surface area contributed by atoms with Crippen LogP contribution in [0, 0.1) is 0 Å². The second kappa shape index (κ2) is 8.75. The van der Waals surface area contributed by atoms with Crippen LogP contribution >= 0.6 is 0 Å². The molecular formula is C21H28N4O2. The van der Waals surface area contributed by atoms with Gasteiger partial charge in [-0.1, -0.05) is 0 Å². The van der Waals surface area contributed by atoms with Crippen molar-refractivity contribution in [2.75, 3.05) is 56.2 Å². The van der Waals surface area contributed by atoms with E-state index in [1.54, 1.807) is 13.3 Å². The number of aromatic nitrogens is 1. The van der Waals surface area contributed by atoms with Gasteiger partial charge in [-0.3, -0.25) is 4.79 Å². The van der Waals surface area contributed by atoms with E-state index in [9.17, 15) is 4.79 Å². The summed E-state index contributed by atoms with van der Waals surface area (Å²) < 4.78 is 5.21. The van der Waals surface area contributed by atoms with Gasteiger partial charge in [0, 0.05) is 51.2 Å². The second-order valence-corrected chi connectivity index (χ2v) is 6.55. The van der Waals surface area contributed by atoms with E-state index in [1.165, 1.54) is 0 Å². The number of carbonyl (C=O) groups excluding carboxylic acids is 1. The van der Waals surface area contributed by atoms with Gasteiger partial charge in [-0.05, 0) is 50.2 Å². The maximum atomic E-state index is 12.8.